The van der Waals surface area contributed by atoms with Gasteiger partial charge in [0, 0.05) is 43.9 Å². The van der Waals surface area contributed by atoms with Gasteiger partial charge in [-0.1, -0.05) is 30.8 Å². The Balaban J connectivity index is 1.31. The number of hydrazone groups is 1. The molecule has 0 amide bonds. The van der Waals surface area contributed by atoms with Crippen LogP contribution in [0, 0.1) is 12.3 Å². The minimum atomic E-state index is 0.154. The van der Waals surface area contributed by atoms with Crippen LogP contribution in [0.3, 0.4) is 0 Å². The van der Waals surface area contributed by atoms with Crippen molar-refractivity contribution < 1.29 is 0 Å². The van der Waals surface area contributed by atoms with Crippen molar-refractivity contribution >= 4 is 17.1 Å². The standard InChI is InChI=1S/C24H29N5/c1-16-13-19(17(2)21-7-10-27-28-21)15-26-23(16)29-11-8-24(9-12-29)14-18-5-3-4-6-20(18)22(24)25/h3-6,13,15,22,27H,2,7-12,14,25H2,1H3/t22-/m1/s1. The summed E-state index contributed by atoms with van der Waals surface area (Å²) in [6, 6.07) is 11.1. The summed E-state index contributed by atoms with van der Waals surface area (Å²) in [6.45, 7) is 9.28. The molecule has 1 aromatic heterocycles. The molecule has 2 aromatic rings. The maximum Gasteiger partial charge on any atom is 0.131 e. The number of fused-ring (bicyclic) bond motifs is 1. The van der Waals surface area contributed by atoms with Crippen LogP contribution in [0.2, 0.25) is 0 Å². The highest BCUT2D eigenvalue weighted by atomic mass is 15.3. The molecule has 5 heteroatoms. The van der Waals surface area contributed by atoms with Crippen molar-refractivity contribution in [2.75, 3.05) is 24.5 Å². The second kappa shape index (κ2) is 6.99. The zero-order valence-corrected chi connectivity index (χ0v) is 17.1. The Morgan fingerprint density at radius 1 is 1.28 bits per heavy atom. The molecule has 2 aliphatic heterocycles. The van der Waals surface area contributed by atoms with Gasteiger partial charge < -0.3 is 16.1 Å². The van der Waals surface area contributed by atoms with E-state index in [-0.39, 0.29) is 11.5 Å². The van der Waals surface area contributed by atoms with E-state index in [2.05, 4.69) is 59.3 Å². The maximum absolute atomic E-state index is 6.72. The summed E-state index contributed by atoms with van der Waals surface area (Å²) in [4.78, 5) is 7.25. The van der Waals surface area contributed by atoms with Crippen LogP contribution < -0.4 is 16.1 Å². The van der Waals surface area contributed by atoms with E-state index in [1.165, 1.54) is 16.7 Å². The number of hydrogen-bond donors (Lipinski definition) is 2. The first-order chi connectivity index (χ1) is 14.1. The highest BCUT2D eigenvalue weighted by Gasteiger charge is 2.45. The van der Waals surface area contributed by atoms with Gasteiger partial charge in [0.15, 0.2) is 0 Å². The largest absolute Gasteiger partial charge is 0.356 e. The van der Waals surface area contributed by atoms with Gasteiger partial charge in [0.25, 0.3) is 0 Å². The number of nitrogens with zero attached hydrogens (tertiary/aromatic N) is 3. The van der Waals surface area contributed by atoms with Crippen molar-refractivity contribution in [3.05, 3.63) is 65.4 Å². The molecule has 150 valence electrons. The molecular formula is C24H29N5. The molecular weight excluding hydrogens is 358 g/mol. The number of rotatable bonds is 3. The molecule has 0 radical (unpaired) electrons. The lowest BCUT2D eigenvalue weighted by Crippen LogP contribution is -2.44. The number of piperidine rings is 1. The van der Waals surface area contributed by atoms with Gasteiger partial charge in [-0.2, -0.15) is 5.10 Å². The summed E-state index contributed by atoms with van der Waals surface area (Å²) in [5.41, 5.74) is 17.0. The van der Waals surface area contributed by atoms with Crippen LogP contribution in [-0.2, 0) is 6.42 Å². The molecule has 3 heterocycles. The number of anilines is 1. The monoisotopic (exact) mass is 387 g/mol. The normalized spacial score (nSPS) is 22.3. The molecule has 1 atom stereocenters. The van der Waals surface area contributed by atoms with Crippen molar-refractivity contribution in [1.82, 2.24) is 10.4 Å². The van der Waals surface area contributed by atoms with Crippen LogP contribution in [0.4, 0.5) is 5.82 Å². The topological polar surface area (TPSA) is 66.5 Å². The van der Waals surface area contributed by atoms with E-state index in [0.717, 1.165) is 68.0 Å². The quantitative estimate of drug-likeness (QED) is 0.845. The molecule has 0 saturated carbocycles. The van der Waals surface area contributed by atoms with E-state index < -0.39 is 0 Å². The first-order valence-corrected chi connectivity index (χ1v) is 10.6. The van der Waals surface area contributed by atoms with Crippen molar-refractivity contribution in [2.24, 2.45) is 16.3 Å². The van der Waals surface area contributed by atoms with Gasteiger partial charge in [0.05, 0.1) is 5.71 Å². The molecule has 5 rings (SSSR count). The lowest BCUT2D eigenvalue weighted by Gasteiger charge is -2.43. The molecule has 29 heavy (non-hydrogen) atoms. The Bertz CT molecular complexity index is 985. The molecule has 3 aliphatic rings. The van der Waals surface area contributed by atoms with E-state index in [0.29, 0.717) is 0 Å². The number of pyridine rings is 1. The Labute approximate surface area is 172 Å². The van der Waals surface area contributed by atoms with Crippen LogP contribution in [-0.4, -0.2) is 30.3 Å². The number of allylic oxidation sites excluding steroid dienone is 1. The number of nitrogens with one attached hydrogen (secondary N) is 1. The fourth-order valence-electron chi connectivity index (χ4n) is 5.30. The van der Waals surface area contributed by atoms with Crippen molar-refractivity contribution in [1.29, 1.82) is 0 Å². The van der Waals surface area contributed by atoms with Gasteiger partial charge in [-0.05, 0) is 59.9 Å². The predicted molar refractivity (Wildman–Crippen MR) is 119 cm³/mol. The van der Waals surface area contributed by atoms with Crippen molar-refractivity contribution in [2.45, 2.75) is 38.6 Å². The summed E-state index contributed by atoms with van der Waals surface area (Å²) >= 11 is 0. The maximum atomic E-state index is 6.72. The molecule has 5 nitrogen and oxygen atoms in total. The Kier molecular flexibility index (Phi) is 4.43. The number of nitrogens with two attached hydrogens (primary N) is 1. The first kappa shape index (κ1) is 18.4. The lowest BCUT2D eigenvalue weighted by atomic mass is 9.73. The zero-order chi connectivity index (χ0) is 20.0. The summed E-state index contributed by atoms with van der Waals surface area (Å²) in [6.07, 6.45) is 6.21. The lowest BCUT2D eigenvalue weighted by molar-refractivity contribution is 0.187. The third kappa shape index (κ3) is 3.04. The van der Waals surface area contributed by atoms with Crippen LogP contribution in [0.1, 0.15) is 47.6 Å². The van der Waals surface area contributed by atoms with Crippen LogP contribution in [0.15, 0.2) is 48.2 Å². The predicted octanol–water partition coefficient (Wildman–Crippen LogP) is 3.60. The minimum absolute atomic E-state index is 0.154. The molecule has 3 N–H and O–H groups in total. The summed E-state index contributed by atoms with van der Waals surface area (Å²) < 4.78 is 0. The van der Waals surface area contributed by atoms with Gasteiger partial charge >= 0.3 is 0 Å². The number of aromatic nitrogens is 1. The van der Waals surface area contributed by atoms with Gasteiger partial charge in [-0.15, -0.1) is 0 Å². The molecule has 0 unspecified atom stereocenters. The van der Waals surface area contributed by atoms with Crippen LogP contribution in [0.5, 0.6) is 0 Å². The highest BCUT2D eigenvalue weighted by Crippen LogP contribution is 2.51. The highest BCUT2D eigenvalue weighted by molar-refractivity contribution is 6.23. The van der Waals surface area contributed by atoms with Crippen LogP contribution in [0.25, 0.3) is 5.57 Å². The Morgan fingerprint density at radius 3 is 2.76 bits per heavy atom. The summed E-state index contributed by atoms with van der Waals surface area (Å²) in [5, 5.41) is 4.34. The summed E-state index contributed by atoms with van der Waals surface area (Å²) in [7, 11) is 0. The second-order valence-corrected chi connectivity index (χ2v) is 8.76. The zero-order valence-electron chi connectivity index (χ0n) is 17.1. The average molecular weight is 388 g/mol. The van der Waals surface area contributed by atoms with E-state index in [1.54, 1.807) is 0 Å². The molecule has 1 aliphatic carbocycles. The van der Waals surface area contributed by atoms with E-state index >= 15 is 0 Å². The van der Waals surface area contributed by atoms with E-state index in [4.69, 9.17) is 10.7 Å². The number of benzene rings is 1. The molecule has 1 saturated heterocycles. The first-order valence-electron chi connectivity index (χ1n) is 10.6. The molecule has 0 bridgehead atoms. The van der Waals surface area contributed by atoms with Gasteiger partial charge in [-0.3, -0.25) is 0 Å². The van der Waals surface area contributed by atoms with Gasteiger partial charge in [0.2, 0.25) is 0 Å². The van der Waals surface area contributed by atoms with Crippen molar-refractivity contribution in [3.63, 3.8) is 0 Å². The van der Waals surface area contributed by atoms with Gasteiger partial charge in [0.1, 0.15) is 5.82 Å². The van der Waals surface area contributed by atoms with E-state index in [1.807, 2.05) is 6.20 Å². The Morgan fingerprint density at radius 2 is 2.07 bits per heavy atom. The molecule has 1 aromatic carbocycles. The smallest absolute Gasteiger partial charge is 0.131 e. The third-order valence-electron chi connectivity index (χ3n) is 7.09. The van der Waals surface area contributed by atoms with Crippen molar-refractivity contribution in [3.8, 4) is 0 Å². The SMILES string of the molecule is C=C(C1=NNCC1)c1cnc(N2CCC3(CC2)Cc2ccccc2[C@H]3N)c(C)c1. The fourth-order valence-corrected chi connectivity index (χ4v) is 5.30. The fraction of sp³-hybridized carbons (Fsp3) is 0.417. The Hall–Kier alpha value is -2.66. The average Bonchev–Trinajstić information content (AvgIpc) is 3.36. The van der Waals surface area contributed by atoms with Gasteiger partial charge in [-0.25, -0.2) is 4.98 Å². The summed E-state index contributed by atoms with van der Waals surface area (Å²) in [5.74, 6) is 1.09. The minimum Gasteiger partial charge on any atom is -0.356 e. The van der Waals surface area contributed by atoms with Crippen LogP contribution >= 0.6 is 0 Å². The molecule has 1 fully saturated rings. The molecule has 1 spiro atoms. The number of hydrogen-bond acceptors (Lipinski definition) is 5. The number of aryl methyl sites for hydroxylation is 1. The van der Waals surface area contributed by atoms with E-state index in [9.17, 15) is 0 Å². The third-order valence-corrected chi connectivity index (χ3v) is 7.09. The second-order valence-electron chi connectivity index (χ2n) is 8.76.